The average Bonchev–Trinajstić information content (AvgIpc) is 2.61. The Bertz CT molecular complexity index is 634. The lowest BCUT2D eigenvalue weighted by Crippen LogP contribution is -2.38. The molecule has 0 aliphatic carbocycles. The summed E-state index contributed by atoms with van der Waals surface area (Å²) in [5.41, 5.74) is 1.60. The van der Waals surface area contributed by atoms with Gasteiger partial charge in [0.1, 0.15) is 5.82 Å². The summed E-state index contributed by atoms with van der Waals surface area (Å²) in [6.07, 6.45) is 2.13. The van der Waals surface area contributed by atoms with Gasteiger partial charge in [-0.25, -0.2) is 0 Å². The maximum atomic E-state index is 12.4. The number of rotatable bonds is 4. The summed E-state index contributed by atoms with van der Waals surface area (Å²) in [6.45, 7) is 4.55. The van der Waals surface area contributed by atoms with E-state index in [0.717, 1.165) is 25.9 Å². The van der Waals surface area contributed by atoms with Gasteiger partial charge in [0.05, 0.1) is 0 Å². The molecular formula is C18H22N4O. The first kappa shape index (κ1) is 15.5. The van der Waals surface area contributed by atoms with E-state index in [4.69, 9.17) is 0 Å². The molecule has 5 nitrogen and oxygen atoms in total. The highest BCUT2D eigenvalue weighted by Gasteiger charge is 2.22. The number of benzene rings is 1. The van der Waals surface area contributed by atoms with Crippen molar-refractivity contribution in [1.29, 1.82) is 0 Å². The Kier molecular flexibility index (Phi) is 4.86. The maximum Gasteiger partial charge on any atom is 0.274 e. The van der Waals surface area contributed by atoms with Crippen molar-refractivity contribution >= 4 is 11.7 Å². The molecular weight excluding hydrogens is 288 g/mol. The molecule has 1 aliphatic heterocycles. The number of carbonyl (C=O) groups excluding carboxylic acids is 1. The minimum absolute atomic E-state index is 0.0148. The van der Waals surface area contributed by atoms with E-state index in [0.29, 0.717) is 24.0 Å². The Morgan fingerprint density at radius 2 is 1.87 bits per heavy atom. The largest absolute Gasteiger partial charge is 0.365 e. The van der Waals surface area contributed by atoms with E-state index in [1.165, 1.54) is 5.56 Å². The minimum atomic E-state index is -0.0148. The van der Waals surface area contributed by atoms with Gasteiger partial charge in [-0.3, -0.25) is 4.79 Å². The zero-order valence-electron chi connectivity index (χ0n) is 13.4. The van der Waals surface area contributed by atoms with E-state index in [-0.39, 0.29) is 5.91 Å². The van der Waals surface area contributed by atoms with Gasteiger partial charge in [-0.05, 0) is 36.5 Å². The van der Waals surface area contributed by atoms with E-state index >= 15 is 0 Å². The molecule has 1 fully saturated rings. The van der Waals surface area contributed by atoms with Crippen LogP contribution in [0.4, 0.5) is 5.82 Å². The highest BCUT2D eigenvalue weighted by Crippen LogP contribution is 2.17. The number of nitrogens with one attached hydrogen (secondary N) is 1. The van der Waals surface area contributed by atoms with Gasteiger partial charge in [-0.1, -0.05) is 37.3 Å². The minimum Gasteiger partial charge on any atom is -0.365 e. The van der Waals surface area contributed by atoms with E-state index < -0.39 is 0 Å². The molecule has 0 spiro atoms. The van der Waals surface area contributed by atoms with Crippen LogP contribution < -0.4 is 5.32 Å². The molecule has 0 atom stereocenters. The lowest BCUT2D eigenvalue weighted by molar-refractivity contribution is 0.0690. The number of anilines is 1. The van der Waals surface area contributed by atoms with Crippen LogP contribution in [0.25, 0.3) is 0 Å². The molecule has 1 amide bonds. The van der Waals surface area contributed by atoms with Gasteiger partial charge in [-0.2, -0.15) is 0 Å². The van der Waals surface area contributed by atoms with Crippen molar-refractivity contribution in [3.8, 4) is 0 Å². The molecule has 0 saturated carbocycles. The van der Waals surface area contributed by atoms with E-state index in [1.807, 2.05) is 29.2 Å². The number of aromatic nitrogens is 2. The molecule has 5 heteroatoms. The van der Waals surface area contributed by atoms with E-state index in [1.54, 1.807) is 6.07 Å². The molecule has 1 N–H and O–H groups in total. The van der Waals surface area contributed by atoms with Crippen LogP contribution in [0.3, 0.4) is 0 Å². The van der Waals surface area contributed by atoms with Crippen LogP contribution in [0.5, 0.6) is 0 Å². The van der Waals surface area contributed by atoms with E-state index in [2.05, 4.69) is 34.6 Å². The molecule has 1 saturated heterocycles. The van der Waals surface area contributed by atoms with E-state index in [9.17, 15) is 4.79 Å². The summed E-state index contributed by atoms with van der Waals surface area (Å²) in [7, 11) is 0. The third-order valence-corrected chi connectivity index (χ3v) is 4.27. The first-order valence-electron chi connectivity index (χ1n) is 8.13. The Balaban J connectivity index is 1.57. The zero-order chi connectivity index (χ0) is 16.1. The molecule has 23 heavy (non-hydrogen) atoms. The smallest absolute Gasteiger partial charge is 0.274 e. The van der Waals surface area contributed by atoms with Crippen LogP contribution >= 0.6 is 0 Å². The number of piperidine rings is 1. The molecule has 2 aromatic rings. The van der Waals surface area contributed by atoms with Crippen molar-refractivity contribution < 1.29 is 4.79 Å². The third kappa shape index (κ3) is 4.06. The molecule has 0 unspecified atom stereocenters. The fraction of sp³-hybridized carbons (Fsp3) is 0.389. The van der Waals surface area contributed by atoms with Gasteiger partial charge < -0.3 is 10.2 Å². The van der Waals surface area contributed by atoms with Gasteiger partial charge >= 0.3 is 0 Å². The average molecular weight is 310 g/mol. The van der Waals surface area contributed by atoms with Crippen molar-refractivity contribution in [3.05, 3.63) is 53.7 Å². The fourth-order valence-corrected chi connectivity index (χ4v) is 2.70. The molecule has 120 valence electrons. The highest BCUT2D eigenvalue weighted by molar-refractivity contribution is 5.92. The van der Waals surface area contributed by atoms with Crippen LogP contribution in [-0.4, -0.2) is 34.1 Å². The SMILES string of the molecule is CC1CCN(C(=O)c2ccc(NCc3ccccc3)nn2)CC1. The summed E-state index contributed by atoms with van der Waals surface area (Å²) < 4.78 is 0. The van der Waals surface area contributed by atoms with Crippen molar-refractivity contribution in [2.24, 2.45) is 5.92 Å². The Hall–Kier alpha value is -2.43. The Morgan fingerprint density at radius 1 is 1.13 bits per heavy atom. The second-order valence-electron chi connectivity index (χ2n) is 6.12. The zero-order valence-corrected chi connectivity index (χ0v) is 13.4. The fourth-order valence-electron chi connectivity index (χ4n) is 2.70. The van der Waals surface area contributed by atoms with Crippen LogP contribution in [0.15, 0.2) is 42.5 Å². The van der Waals surface area contributed by atoms with Crippen molar-refractivity contribution in [1.82, 2.24) is 15.1 Å². The van der Waals surface area contributed by atoms with Gasteiger partial charge in [-0.15, -0.1) is 10.2 Å². The van der Waals surface area contributed by atoms with Gasteiger partial charge in [0.15, 0.2) is 5.69 Å². The molecule has 1 aliphatic rings. The standard InChI is InChI=1S/C18H22N4O/c1-14-9-11-22(12-10-14)18(23)16-7-8-17(21-20-16)19-13-15-5-3-2-4-6-15/h2-8,14H,9-13H2,1H3,(H,19,21). The summed E-state index contributed by atoms with van der Waals surface area (Å²) in [5, 5.41) is 11.4. The predicted molar refractivity (Wildman–Crippen MR) is 90.1 cm³/mol. The topological polar surface area (TPSA) is 58.1 Å². The first-order valence-corrected chi connectivity index (χ1v) is 8.13. The molecule has 0 radical (unpaired) electrons. The lowest BCUT2D eigenvalue weighted by Gasteiger charge is -2.29. The van der Waals surface area contributed by atoms with Gasteiger partial charge in [0, 0.05) is 19.6 Å². The van der Waals surface area contributed by atoms with Crippen LogP contribution in [0, 0.1) is 5.92 Å². The monoisotopic (exact) mass is 310 g/mol. The number of hydrogen-bond donors (Lipinski definition) is 1. The summed E-state index contributed by atoms with van der Waals surface area (Å²) >= 11 is 0. The molecule has 0 bridgehead atoms. The van der Waals surface area contributed by atoms with Crippen LogP contribution in [0.1, 0.15) is 35.8 Å². The molecule has 1 aromatic heterocycles. The highest BCUT2D eigenvalue weighted by atomic mass is 16.2. The molecule has 3 rings (SSSR count). The van der Waals surface area contributed by atoms with Crippen LogP contribution in [-0.2, 0) is 6.54 Å². The number of carbonyl (C=O) groups is 1. The predicted octanol–water partition coefficient (Wildman–Crippen LogP) is 2.96. The normalized spacial score (nSPS) is 15.4. The first-order chi connectivity index (χ1) is 11.2. The summed E-state index contributed by atoms with van der Waals surface area (Å²) in [5.74, 6) is 1.37. The van der Waals surface area contributed by atoms with Gasteiger partial charge in [0.2, 0.25) is 0 Å². The second kappa shape index (κ2) is 7.22. The summed E-state index contributed by atoms with van der Waals surface area (Å²) in [6, 6.07) is 13.7. The summed E-state index contributed by atoms with van der Waals surface area (Å²) in [4.78, 5) is 14.3. The molecule has 2 heterocycles. The molecule has 1 aromatic carbocycles. The number of likely N-dealkylation sites (tertiary alicyclic amines) is 1. The number of amides is 1. The number of hydrogen-bond acceptors (Lipinski definition) is 4. The Morgan fingerprint density at radius 3 is 2.52 bits per heavy atom. The lowest BCUT2D eigenvalue weighted by atomic mass is 9.99. The second-order valence-corrected chi connectivity index (χ2v) is 6.12. The maximum absolute atomic E-state index is 12.4. The van der Waals surface area contributed by atoms with Crippen molar-refractivity contribution in [2.45, 2.75) is 26.3 Å². The number of nitrogens with zero attached hydrogens (tertiary/aromatic N) is 3. The van der Waals surface area contributed by atoms with Crippen molar-refractivity contribution in [3.63, 3.8) is 0 Å². The van der Waals surface area contributed by atoms with Crippen molar-refractivity contribution in [2.75, 3.05) is 18.4 Å². The Labute approximate surface area is 136 Å². The third-order valence-electron chi connectivity index (χ3n) is 4.27. The van der Waals surface area contributed by atoms with Crippen LogP contribution in [0.2, 0.25) is 0 Å². The quantitative estimate of drug-likeness (QED) is 0.943. The van der Waals surface area contributed by atoms with Gasteiger partial charge in [0.25, 0.3) is 5.91 Å².